The van der Waals surface area contributed by atoms with Crippen LogP contribution in [0.2, 0.25) is 0 Å². The highest BCUT2D eigenvalue weighted by molar-refractivity contribution is 5.71. The minimum Gasteiger partial charge on any atom is -0.396 e. The zero-order valence-corrected chi connectivity index (χ0v) is 10.7. The number of hydrogen-bond donors (Lipinski definition) is 2. The molecular formula is C15H17N3. The van der Waals surface area contributed by atoms with Gasteiger partial charge in [-0.05, 0) is 56.5 Å². The van der Waals surface area contributed by atoms with Crippen molar-refractivity contribution in [2.45, 2.75) is 13.8 Å². The number of anilines is 3. The third-order valence-corrected chi connectivity index (χ3v) is 2.80. The number of pyridine rings is 1. The molecule has 0 atom stereocenters. The van der Waals surface area contributed by atoms with E-state index < -0.39 is 0 Å². The fourth-order valence-corrected chi connectivity index (χ4v) is 1.78. The number of aryl methyl sites for hydroxylation is 2. The standard InChI is InChI=1S/C15H17N3/c1-4-12-5-7-13(8-6-12)18-15-14(16)10(2)9-11(3)17-15/h4-9H,1,16H2,2-3H3,(H,17,18). The van der Waals surface area contributed by atoms with E-state index in [9.17, 15) is 0 Å². The van der Waals surface area contributed by atoms with Gasteiger partial charge in [0.1, 0.15) is 0 Å². The number of nitrogen functional groups attached to an aromatic ring is 1. The van der Waals surface area contributed by atoms with Crippen LogP contribution in [0.15, 0.2) is 30.3 Å². The van der Waals surface area contributed by atoms with Crippen LogP contribution in [0.4, 0.5) is 17.2 Å². The molecule has 0 spiro atoms. The lowest BCUT2D eigenvalue weighted by Gasteiger charge is -2.11. The number of rotatable bonds is 3. The summed E-state index contributed by atoms with van der Waals surface area (Å²) in [5, 5.41) is 3.23. The summed E-state index contributed by atoms with van der Waals surface area (Å²) in [7, 11) is 0. The van der Waals surface area contributed by atoms with E-state index in [1.807, 2.05) is 50.6 Å². The molecule has 1 heterocycles. The lowest BCUT2D eigenvalue weighted by molar-refractivity contribution is 1.18. The molecule has 0 saturated heterocycles. The van der Waals surface area contributed by atoms with Gasteiger partial charge in [-0.1, -0.05) is 12.1 Å². The summed E-state index contributed by atoms with van der Waals surface area (Å²) < 4.78 is 0. The van der Waals surface area contributed by atoms with Crippen LogP contribution in [-0.4, -0.2) is 4.98 Å². The summed E-state index contributed by atoms with van der Waals surface area (Å²) >= 11 is 0. The lowest BCUT2D eigenvalue weighted by Crippen LogP contribution is -2.02. The van der Waals surface area contributed by atoms with Crippen LogP contribution in [0.5, 0.6) is 0 Å². The van der Waals surface area contributed by atoms with Gasteiger partial charge < -0.3 is 11.1 Å². The summed E-state index contributed by atoms with van der Waals surface area (Å²) in [6.45, 7) is 7.67. The van der Waals surface area contributed by atoms with Gasteiger partial charge in [0, 0.05) is 11.4 Å². The Morgan fingerprint density at radius 1 is 1.22 bits per heavy atom. The van der Waals surface area contributed by atoms with Crippen molar-refractivity contribution >= 4 is 17.2 Å². The molecule has 3 heteroatoms. The normalized spacial score (nSPS) is 10.4. The molecule has 0 aliphatic rings. The SMILES string of the molecule is [CH2][CH]c1ccc(Nc2nc(C)cc(C)c2N)cc1. The van der Waals surface area contributed by atoms with Gasteiger partial charge in [-0.3, -0.25) is 0 Å². The van der Waals surface area contributed by atoms with E-state index >= 15 is 0 Å². The topological polar surface area (TPSA) is 50.9 Å². The number of nitrogens with two attached hydrogens (primary N) is 1. The summed E-state index contributed by atoms with van der Waals surface area (Å²) in [5.41, 5.74) is 10.7. The van der Waals surface area contributed by atoms with Crippen molar-refractivity contribution in [1.29, 1.82) is 0 Å². The molecule has 0 amide bonds. The van der Waals surface area contributed by atoms with Gasteiger partial charge in [0.05, 0.1) is 5.69 Å². The Morgan fingerprint density at radius 3 is 2.50 bits per heavy atom. The number of aromatic nitrogens is 1. The van der Waals surface area contributed by atoms with Gasteiger partial charge in [-0.25, -0.2) is 4.98 Å². The monoisotopic (exact) mass is 239 g/mol. The molecule has 0 aliphatic heterocycles. The third-order valence-electron chi connectivity index (χ3n) is 2.80. The van der Waals surface area contributed by atoms with Crippen molar-refractivity contribution in [3.8, 4) is 0 Å². The Balaban J connectivity index is 2.27. The summed E-state index contributed by atoms with van der Waals surface area (Å²) in [5.74, 6) is 0.707. The van der Waals surface area contributed by atoms with Crippen molar-refractivity contribution in [2.24, 2.45) is 0 Å². The predicted molar refractivity (Wildman–Crippen MR) is 76.6 cm³/mol. The van der Waals surface area contributed by atoms with E-state index in [-0.39, 0.29) is 0 Å². The molecule has 0 bridgehead atoms. The lowest BCUT2D eigenvalue weighted by atomic mass is 10.1. The van der Waals surface area contributed by atoms with Crippen molar-refractivity contribution in [1.82, 2.24) is 4.98 Å². The second kappa shape index (κ2) is 5.08. The van der Waals surface area contributed by atoms with Gasteiger partial charge in [-0.2, -0.15) is 0 Å². The summed E-state index contributed by atoms with van der Waals surface area (Å²) in [6.07, 6.45) is 1.81. The molecule has 1 aromatic heterocycles. The first kappa shape index (κ1) is 12.4. The highest BCUT2D eigenvalue weighted by Gasteiger charge is 2.05. The van der Waals surface area contributed by atoms with Crippen molar-refractivity contribution in [3.63, 3.8) is 0 Å². The Labute approximate surface area is 108 Å². The van der Waals surface area contributed by atoms with Crippen LogP contribution in [0.25, 0.3) is 0 Å². The van der Waals surface area contributed by atoms with Crippen molar-refractivity contribution in [3.05, 3.63) is 60.5 Å². The van der Waals surface area contributed by atoms with Crippen LogP contribution in [0.1, 0.15) is 16.8 Å². The van der Waals surface area contributed by atoms with E-state index in [4.69, 9.17) is 5.73 Å². The number of nitrogens with zero attached hydrogens (tertiary/aromatic N) is 1. The Kier molecular flexibility index (Phi) is 3.51. The van der Waals surface area contributed by atoms with Crippen molar-refractivity contribution < 1.29 is 0 Å². The summed E-state index contributed by atoms with van der Waals surface area (Å²) in [6, 6.07) is 9.93. The minimum atomic E-state index is 0.688. The predicted octanol–water partition coefficient (Wildman–Crippen LogP) is 3.41. The maximum Gasteiger partial charge on any atom is 0.154 e. The molecule has 3 nitrogen and oxygen atoms in total. The smallest absolute Gasteiger partial charge is 0.154 e. The molecule has 2 aromatic rings. The van der Waals surface area contributed by atoms with Crippen molar-refractivity contribution in [2.75, 3.05) is 11.1 Å². The molecule has 0 saturated carbocycles. The van der Waals surface area contributed by atoms with E-state index in [2.05, 4.69) is 17.2 Å². The van der Waals surface area contributed by atoms with E-state index in [1.54, 1.807) is 0 Å². The average Bonchev–Trinajstić information content (AvgIpc) is 2.36. The first-order valence-electron chi connectivity index (χ1n) is 5.83. The average molecular weight is 239 g/mol. The molecule has 1 aromatic carbocycles. The molecule has 2 radical (unpaired) electrons. The van der Waals surface area contributed by atoms with Crippen LogP contribution < -0.4 is 11.1 Å². The second-order valence-electron chi connectivity index (χ2n) is 4.29. The molecule has 0 aliphatic carbocycles. The van der Waals surface area contributed by atoms with Gasteiger partial charge in [0.25, 0.3) is 0 Å². The Morgan fingerprint density at radius 2 is 1.89 bits per heavy atom. The highest BCUT2D eigenvalue weighted by Crippen LogP contribution is 2.24. The molecule has 2 rings (SSSR count). The number of hydrogen-bond acceptors (Lipinski definition) is 3. The molecule has 0 fully saturated rings. The quantitative estimate of drug-likeness (QED) is 0.863. The van der Waals surface area contributed by atoms with E-state index in [0.717, 1.165) is 22.5 Å². The fourth-order valence-electron chi connectivity index (χ4n) is 1.78. The van der Waals surface area contributed by atoms with Crippen LogP contribution in [-0.2, 0) is 0 Å². The molecule has 18 heavy (non-hydrogen) atoms. The van der Waals surface area contributed by atoms with Crippen LogP contribution >= 0.6 is 0 Å². The summed E-state index contributed by atoms with van der Waals surface area (Å²) in [4.78, 5) is 4.42. The minimum absolute atomic E-state index is 0.688. The number of benzene rings is 1. The van der Waals surface area contributed by atoms with E-state index in [1.165, 1.54) is 0 Å². The zero-order valence-electron chi connectivity index (χ0n) is 10.7. The maximum absolute atomic E-state index is 6.01. The van der Waals surface area contributed by atoms with Gasteiger partial charge in [-0.15, -0.1) is 0 Å². The van der Waals surface area contributed by atoms with Gasteiger partial charge in [0.2, 0.25) is 0 Å². The molecule has 3 N–H and O–H groups in total. The van der Waals surface area contributed by atoms with E-state index in [0.29, 0.717) is 11.5 Å². The first-order valence-corrected chi connectivity index (χ1v) is 5.83. The zero-order chi connectivity index (χ0) is 13.1. The first-order chi connectivity index (χ1) is 8.60. The largest absolute Gasteiger partial charge is 0.396 e. The van der Waals surface area contributed by atoms with Gasteiger partial charge >= 0.3 is 0 Å². The highest BCUT2D eigenvalue weighted by atomic mass is 15.0. The molecule has 0 unspecified atom stereocenters. The Hall–Kier alpha value is -2.03. The molecular weight excluding hydrogens is 222 g/mol. The molecule has 92 valence electrons. The van der Waals surface area contributed by atoms with Crippen LogP contribution in [0, 0.1) is 27.2 Å². The fraction of sp³-hybridized carbons (Fsp3) is 0.133. The number of nitrogens with one attached hydrogen (secondary N) is 1. The second-order valence-corrected chi connectivity index (χ2v) is 4.29. The third kappa shape index (κ3) is 2.62. The van der Waals surface area contributed by atoms with Crippen LogP contribution in [0.3, 0.4) is 0 Å². The maximum atomic E-state index is 6.01. The Bertz CT molecular complexity index is 544. The van der Waals surface area contributed by atoms with Gasteiger partial charge in [0.15, 0.2) is 5.82 Å².